The Balaban J connectivity index is 2.08. The van der Waals surface area contributed by atoms with Gasteiger partial charge in [0.05, 0.1) is 6.10 Å². The second kappa shape index (κ2) is 6.55. The van der Waals surface area contributed by atoms with Gasteiger partial charge in [-0.2, -0.15) is 0 Å². The molecule has 19 heavy (non-hydrogen) atoms. The van der Waals surface area contributed by atoms with Crippen LogP contribution >= 0.6 is 0 Å². The van der Waals surface area contributed by atoms with Gasteiger partial charge < -0.3 is 10.5 Å². The highest BCUT2D eigenvalue weighted by atomic mass is 16.5. The lowest BCUT2D eigenvalue weighted by atomic mass is 9.70. The number of ether oxygens (including phenoxy) is 1. The molecule has 0 bridgehead atoms. The Morgan fingerprint density at radius 2 is 2.11 bits per heavy atom. The molecular formula is C16H32N2O. The van der Waals surface area contributed by atoms with Gasteiger partial charge in [0, 0.05) is 25.7 Å². The second-order valence-electron chi connectivity index (χ2n) is 6.97. The van der Waals surface area contributed by atoms with Gasteiger partial charge in [0.15, 0.2) is 0 Å². The SMILES string of the molecule is COC1CCCN(C2(CN)CCCC(C(C)C)C2)C1. The van der Waals surface area contributed by atoms with E-state index in [1.807, 2.05) is 7.11 Å². The highest BCUT2D eigenvalue weighted by molar-refractivity contribution is 4.99. The Kier molecular flexibility index (Phi) is 5.27. The van der Waals surface area contributed by atoms with Crippen molar-refractivity contribution in [2.24, 2.45) is 17.6 Å². The Morgan fingerprint density at radius 3 is 2.74 bits per heavy atom. The number of nitrogens with two attached hydrogens (primary N) is 1. The maximum Gasteiger partial charge on any atom is 0.0698 e. The van der Waals surface area contributed by atoms with E-state index in [-0.39, 0.29) is 5.54 Å². The Morgan fingerprint density at radius 1 is 1.32 bits per heavy atom. The fourth-order valence-corrected chi connectivity index (χ4v) is 4.12. The van der Waals surface area contributed by atoms with Gasteiger partial charge in [0.25, 0.3) is 0 Å². The molecule has 112 valence electrons. The van der Waals surface area contributed by atoms with Crippen LogP contribution in [0.4, 0.5) is 0 Å². The lowest BCUT2D eigenvalue weighted by Gasteiger charge is -2.51. The molecule has 3 unspecified atom stereocenters. The van der Waals surface area contributed by atoms with Crippen LogP contribution in [0.15, 0.2) is 0 Å². The molecule has 2 rings (SSSR count). The predicted octanol–water partition coefficient (Wildman–Crippen LogP) is 2.64. The first-order valence-corrected chi connectivity index (χ1v) is 8.09. The zero-order chi connectivity index (χ0) is 13.9. The minimum Gasteiger partial charge on any atom is -0.380 e. The van der Waals surface area contributed by atoms with E-state index in [1.165, 1.54) is 45.1 Å². The van der Waals surface area contributed by atoms with Crippen molar-refractivity contribution < 1.29 is 4.74 Å². The molecule has 3 atom stereocenters. The molecular weight excluding hydrogens is 236 g/mol. The fourth-order valence-electron chi connectivity index (χ4n) is 4.12. The highest BCUT2D eigenvalue weighted by Crippen LogP contribution is 2.40. The van der Waals surface area contributed by atoms with E-state index in [4.69, 9.17) is 10.5 Å². The first-order chi connectivity index (χ1) is 9.11. The van der Waals surface area contributed by atoms with Crippen LogP contribution in [0.5, 0.6) is 0 Å². The van der Waals surface area contributed by atoms with Gasteiger partial charge in [-0.3, -0.25) is 4.90 Å². The lowest BCUT2D eigenvalue weighted by Crippen LogP contribution is -2.60. The number of nitrogens with zero attached hydrogens (tertiary/aromatic N) is 1. The van der Waals surface area contributed by atoms with Crippen LogP contribution in [0.25, 0.3) is 0 Å². The molecule has 0 aromatic heterocycles. The van der Waals surface area contributed by atoms with Crippen LogP contribution in [0.3, 0.4) is 0 Å². The maximum absolute atomic E-state index is 6.24. The molecule has 1 aliphatic heterocycles. The van der Waals surface area contributed by atoms with Crippen molar-refractivity contribution in [1.82, 2.24) is 4.90 Å². The van der Waals surface area contributed by atoms with E-state index in [1.54, 1.807) is 0 Å². The number of hydrogen-bond donors (Lipinski definition) is 1. The van der Waals surface area contributed by atoms with Gasteiger partial charge in [0.1, 0.15) is 0 Å². The fraction of sp³-hybridized carbons (Fsp3) is 1.00. The van der Waals surface area contributed by atoms with Crippen LogP contribution in [0, 0.1) is 11.8 Å². The van der Waals surface area contributed by atoms with Gasteiger partial charge >= 0.3 is 0 Å². The number of methoxy groups -OCH3 is 1. The lowest BCUT2D eigenvalue weighted by molar-refractivity contribution is -0.0422. The molecule has 3 heteroatoms. The van der Waals surface area contributed by atoms with E-state index in [0.717, 1.165) is 24.9 Å². The average molecular weight is 268 g/mol. The number of likely N-dealkylation sites (tertiary alicyclic amines) is 1. The summed E-state index contributed by atoms with van der Waals surface area (Å²) in [5.41, 5.74) is 6.49. The van der Waals surface area contributed by atoms with Gasteiger partial charge in [-0.1, -0.05) is 26.7 Å². The smallest absolute Gasteiger partial charge is 0.0698 e. The summed E-state index contributed by atoms with van der Waals surface area (Å²) in [7, 11) is 1.85. The standard InChI is InChI=1S/C16H32N2O/c1-13(2)14-6-4-8-16(10-14,12-17)18-9-5-7-15(11-18)19-3/h13-15H,4-12,17H2,1-3H3. The molecule has 2 N–H and O–H groups in total. The van der Waals surface area contributed by atoms with Crippen molar-refractivity contribution in [3.05, 3.63) is 0 Å². The zero-order valence-corrected chi connectivity index (χ0v) is 13.0. The van der Waals surface area contributed by atoms with Gasteiger partial charge in [-0.15, -0.1) is 0 Å². The molecule has 3 nitrogen and oxygen atoms in total. The zero-order valence-electron chi connectivity index (χ0n) is 13.0. The Labute approximate surface area is 118 Å². The molecule has 1 saturated heterocycles. The molecule has 2 aliphatic rings. The van der Waals surface area contributed by atoms with Crippen LogP contribution in [0.2, 0.25) is 0 Å². The monoisotopic (exact) mass is 268 g/mol. The summed E-state index contributed by atoms with van der Waals surface area (Å²) < 4.78 is 5.59. The summed E-state index contributed by atoms with van der Waals surface area (Å²) in [5.74, 6) is 1.63. The van der Waals surface area contributed by atoms with E-state index >= 15 is 0 Å². The molecule has 1 saturated carbocycles. The van der Waals surface area contributed by atoms with Crippen molar-refractivity contribution in [2.45, 2.75) is 64.0 Å². The summed E-state index contributed by atoms with van der Waals surface area (Å²) in [6, 6.07) is 0. The van der Waals surface area contributed by atoms with Crippen LogP contribution in [-0.2, 0) is 4.74 Å². The minimum absolute atomic E-state index is 0.254. The maximum atomic E-state index is 6.24. The third-order valence-electron chi connectivity index (χ3n) is 5.56. The van der Waals surface area contributed by atoms with Gasteiger partial charge in [-0.25, -0.2) is 0 Å². The molecule has 0 amide bonds. The van der Waals surface area contributed by atoms with Crippen LogP contribution in [0.1, 0.15) is 52.4 Å². The summed E-state index contributed by atoms with van der Waals surface area (Å²) in [4.78, 5) is 2.67. The minimum atomic E-state index is 0.254. The van der Waals surface area contributed by atoms with E-state index in [2.05, 4.69) is 18.7 Å². The molecule has 0 aromatic rings. The van der Waals surface area contributed by atoms with Crippen molar-refractivity contribution in [1.29, 1.82) is 0 Å². The molecule has 0 aromatic carbocycles. The number of rotatable bonds is 4. The van der Waals surface area contributed by atoms with Crippen molar-refractivity contribution in [3.8, 4) is 0 Å². The molecule has 0 spiro atoms. The van der Waals surface area contributed by atoms with E-state index in [9.17, 15) is 0 Å². The van der Waals surface area contributed by atoms with Crippen molar-refractivity contribution in [2.75, 3.05) is 26.7 Å². The average Bonchev–Trinajstić information content (AvgIpc) is 2.47. The summed E-state index contributed by atoms with van der Waals surface area (Å²) in [6.07, 6.45) is 8.18. The normalized spacial score (nSPS) is 37.7. The second-order valence-corrected chi connectivity index (χ2v) is 6.97. The molecule has 1 aliphatic carbocycles. The Hall–Kier alpha value is -0.120. The van der Waals surface area contributed by atoms with Gasteiger partial charge in [0.2, 0.25) is 0 Å². The summed E-state index contributed by atoms with van der Waals surface area (Å²) >= 11 is 0. The van der Waals surface area contributed by atoms with Gasteiger partial charge in [-0.05, 0) is 44.1 Å². The van der Waals surface area contributed by atoms with E-state index in [0.29, 0.717) is 6.10 Å². The predicted molar refractivity (Wildman–Crippen MR) is 80.2 cm³/mol. The molecule has 1 heterocycles. The van der Waals surface area contributed by atoms with Crippen LogP contribution < -0.4 is 5.73 Å². The number of piperidine rings is 1. The Bertz CT molecular complexity index is 282. The summed E-state index contributed by atoms with van der Waals surface area (Å²) in [5, 5.41) is 0. The third-order valence-corrected chi connectivity index (χ3v) is 5.56. The summed E-state index contributed by atoms with van der Waals surface area (Å²) in [6.45, 7) is 7.84. The largest absolute Gasteiger partial charge is 0.380 e. The quantitative estimate of drug-likeness (QED) is 0.852. The molecule has 2 fully saturated rings. The first kappa shape index (κ1) is 15.3. The van der Waals surface area contributed by atoms with Crippen LogP contribution in [-0.4, -0.2) is 43.3 Å². The van der Waals surface area contributed by atoms with E-state index < -0.39 is 0 Å². The van der Waals surface area contributed by atoms with Crippen molar-refractivity contribution in [3.63, 3.8) is 0 Å². The highest BCUT2D eigenvalue weighted by Gasteiger charge is 2.42. The third kappa shape index (κ3) is 3.32. The van der Waals surface area contributed by atoms with Crippen molar-refractivity contribution >= 4 is 0 Å². The first-order valence-electron chi connectivity index (χ1n) is 8.09. The topological polar surface area (TPSA) is 38.5 Å². The number of hydrogen-bond acceptors (Lipinski definition) is 3. The molecule has 0 radical (unpaired) electrons.